The summed E-state index contributed by atoms with van der Waals surface area (Å²) in [6.45, 7) is 12.8. The minimum absolute atomic E-state index is 0. The van der Waals surface area contributed by atoms with Crippen molar-refractivity contribution in [3.05, 3.63) is 73.1 Å². The number of anilines is 2. The third kappa shape index (κ3) is 24.0. The van der Waals surface area contributed by atoms with Gasteiger partial charge in [-0.1, -0.05) is 102 Å². The van der Waals surface area contributed by atoms with E-state index in [9.17, 15) is 62.3 Å². The van der Waals surface area contributed by atoms with E-state index < -0.39 is 54.2 Å². The largest absolute Gasteiger partial charge is 0.522 e. The molecule has 2 amide bonds. The van der Waals surface area contributed by atoms with E-state index in [1.807, 2.05) is 47.8 Å². The molecule has 2 rings (SSSR count). The molecule has 6 nitrogen and oxygen atoms in total. The summed E-state index contributed by atoms with van der Waals surface area (Å²) in [7, 11) is 0.463. The molecule has 0 spiro atoms. The molecule has 2 aromatic carbocycles. The van der Waals surface area contributed by atoms with Gasteiger partial charge in [0.1, 0.15) is 22.6 Å². The monoisotopic (exact) mass is 880 g/mol. The minimum Gasteiger partial charge on any atom is -0.315 e. The van der Waals surface area contributed by atoms with Crippen LogP contribution in [0.1, 0.15) is 43.1 Å². The first-order valence-electron chi connectivity index (χ1n) is 15.1. The molecule has 334 valence electrons. The van der Waals surface area contributed by atoms with Crippen molar-refractivity contribution in [2.75, 3.05) is 44.5 Å². The van der Waals surface area contributed by atoms with Crippen LogP contribution in [0.25, 0.3) is 0 Å². The van der Waals surface area contributed by atoms with Crippen LogP contribution in [0.5, 0.6) is 0 Å². The summed E-state index contributed by atoms with van der Waals surface area (Å²) in [5.74, 6) is -4.35. The number of benzene rings is 2. The van der Waals surface area contributed by atoms with Crippen molar-refractivity contribution < 1.29 is 71.7 Å². The molecule has 0 saturated heterocycles. The van der Waals surface area contributed by atoms with Crippen molar-refractivity contribution >= 4 is 49.7 Å². The van der Waals surface area contributed by atoms with Crippen LogP contribution < -0.4 is 20.2 Å². The molecule has 1 atom stereocenters. The molecule has 57 heavy (non-hydrogen) atoms. The van der Waals surface area contributed by atoms with Gasteiger partial charge in [0.25, 0.3) is 0 Å². The fourth-order valence-electron chi connectivity index (χ4n) is 3.47. The highest BCUT2D eigenvalue weighted by Crippen LogP contribution is 2.34. The van der Waals surface area contributed by atoms with E-state index in [0.29, 0.717) is 7.18 Å². The normalized spacial score (nSPS) is 12.1. The Kier molecular flexibility index (Phi) is 31.1. The van der Waals surface area contributed by atoms with Crippen LogP contribution in [0.2, 0.25) is 26.2 Å². The van der Waals surface area contributed by atoms with Gasteiger partial charge in [-0.05, 0) is 24.3 Å². The Morgan fingerprint density at radius 3 is 1.23 bits per heavy atom. The third-order valence-corrected chi connectivity index (χ3v) is 12.9. The Hall–Kier alpha value is -3.63. The molecule has 0 radical (unpaired) electrons. The van der Waals surface area contributed by atoms with E-state index in [2.05, 4.69) is 61.0 Å². The maximum atomic E-state index is 12.9. The molecule has 2 aromatic rings. The molecule has 0 aliphatic rings. The second kappa shape index (κ2) is 27.1. The number of hydrogen-bond donors (Lipinski definition) is 0. The number of halogens is 12. The van der Waals surface area contributed by atoms with Gasteiger partial charge in [-0.25, -0.2) is 8.78 Å². The number of carbonyl (C=O) groups excluding carboxylic acids is 2. The number of amides is 2. The maximum Gasteiger partial charge on any atom is 0.522 e. The van der Waals surface area contributed by atoms with Gasteiger partial charge in [0.2, 0.25) is 11.8 Å². The molecule has 1 unspecified atom stereocenters. The van der Waals surface area contributed by atoms with Gasteiger partial charge in [-0.2, -0.15) is 26.3 Å². The molecule has 0 aliphatic carbocycles. The van der Waals surface area contributed by atoms with Crippen molar-refractivity contribution in [2.45, 2.75) is 93.8 Å². The van der Waals surface area contributed by atoms with Crippen LogP contribution >= 0.6 is 0 Å². The first kappa shape index (κ1) is 65.2. The maximum absolute atomic E-state index is 12.9. The van der Waals surface area contributed by atoms with E-state index in [-0.39, 0.29) is 54.9 Å². The zero-order chi connectivity index (χ0) is 42.2. The molecule has 0 aliphatic heterocycles. The summed E-state index contributed by atoms with van der Waals surface area (Å²) in [4.78, 5) is 28.8. The van der Waals surface area contributed by atoms with Crippen molar-refractivity contribution in [3.8, 4) is 0 Å². The summed E-state index contributed by atoms with van der Waals surface area (Å²) in [5.41, 5.74) is 5.64. The van der Waals surface area contributed by atoms with Crippen LogP contribution in [-0.4, -0.2) is 87.3 Å². The van der Waals surface area contributed by atoms with Crippen LogP contribution in [0, 0.1) is 0 Å². The van der Waals surface area contributed by atoms with Crippen LogP contribution in [0.15, 0.2) is 73.1 Å². The molecule has 0 saturated carbocycles. The van der Waals surface area contributed by atoms with Crippen LogP contribution in [0.4, 0.5) is 64.1 Å². The Morgan fingerprint density at radius 2 is 1.02 bits per heavy atom. The smallest absolute Gasteiger partial charge is 0.315 e. The Bertz CT molecular complexity index is 1370. The number of ether oxygens (including phenoxy) is 2. The Morgan fingerprint density at radius 1 is 0.684 bits per heavy atom. The topological polar surface area (TPSA) is 59.1 Å². The fraction of sp³-hybridized carbons (Fsp3) is 0.514. The summed E-state index contributed by atoms with van der Waals surface area (Å²) >= 11 is 0. The van der Waals surface area contributed by atoms with E-state index in [1.54, 1.807) is 23.9 Å². The predicted octanol–water partition coefficient (Wildman–Crippen LogP) is 11.4. The number of alkyl halides is 12. The van der Waals surface area contributed by atoms with E-state index in [4.69, 9.17) is 0 Å². The van der Waals surface area contributed by atoms with Crippen molar-refractivity contribution in [3.63, 3.8) is 0 Å². The van der Waals surface area contributed by atoms with Crippen LogP contribution in [0.3, 0.4) is 0 Å². The van der Waals surface area contributed by atoms with Gasteiger partial charge in [0.05, 0.1) is 7.18 Å². The van der Waals surface area contributed by atoms with E-state index in [0.717, 1.165) is 11.4 Å². The van der Waals surface area contributed by atoms with Gasteiger partial charge in [0.15, 0.2) is 13.5 Å². The first-order valence-corrected chi connectivity index (χ1v) is 21.2. The molecule has 0 heterocycles. The summed E-state index contributed by atoms with van der Waals surface area (Å²) in [5, 5.41) is 2.41. The number of carbonyl (C=O) groups is 2. The molecule has 0 fully saturated rings. The lowest BCUT2D eigenvalue weighted by Gasteiger charge is -2.24. The molecular weight excluding hydrogens is 821 g/mol. The molecule has 0 bridgehead atoms. The lowest BCUT2D eigenvalue weighted by molar-refractivity contribution is -0.352. The average Bonchev–Trinajstić information content (AvgIpc) is 3.07. The van der Waals surface area contributed by atoms with Gasteiger partial charge in [0, 0.05) is 32.4 Å². The van der Waals surface area contributed by atoms with Crippen molar-refractivity contribution in [1.29, 1.82) is 0 Å². The number of rotatable bonds is 11. The lowest BCUT2D eigenvalue weighted by atomic mass is 10.2. The summed E-state index contributed by atoms with van der Waals surface area (Å²) in [6, 6.07) is 15.9. The van der Waals surface area contributed by atoms with Crippen molar-refractivity contribution in [2.24, 2.45) is 0 Å². The second-order valence-corrected chi connectivity index (χ2v) is 20.9. The lowest BCUT2D eigenvalue weighted by Crippen LogP contribution is -2.41. The van der Waals surface area contributed by atoms with Gasteiger partial charge in [-0.15, -0.1) is 26.3 Å². The second-order valence-electron chi connectivity index (χ2n) is 12.1. The minimum atomic E-state index is -5.21. The molecular formula is C37H60F12N2O4Si2. The predicted molar refractivity (Wildman–Crippen MR) is 214 cm³/mol. The van der Waals surface area contributed by atoms with E-state index in [1.165, 1.54) is 10.4 Å². The van der Waals surface area contributed by atoms with Gasteiger partial charge >= 0.3 is 24.6 Å². The Balaban J connectivity index is -0.000000208. The first-order chi connectivity index (χ1) is 23.9. The highest BCUT2D eigenvalue weighted by atomic mass is 28.3. The fourth-order valence-corrected chi connectivity index (χ4v) is 6.03. The highest BCUT2D eigenvalue weighted by molar-refractivity contribution is 6.94. The quantitative estimate of drug-likeness (QED) is 0.128. The number of nitrogens with zero attached hydrogens (tertiary/aromatic N) is 2. The third-order valence-electron chi connectivity index (χ3n) is 7.26. The van der Waals surface area contributed by atoms with Gasteiger partial charge in [-0.3, -0.25) is 18.7 Å². The SMILES string of the molecule is C.C.C.C.C=C[Si](C)(C)c1cccc(N(C)C(=O)CC(=O)N(C)c2cccc([Si](C)(C)C=C)c2)c1.CC(F)(OCF)C(F)(F)F.CF.FC(F)(F)COC(F)(F)F. The zero-order valence-electron chi connectivity index (χ0n) is 30.4. The molecule has 20 heteroatoms. The summed E-state index contributed by atoms with van der Waals surface area (Å²) < 4.78 is 138. The average molecular weight is 881 g/mol. The zero-order valence-corrected chi connectivity index (χ0v) is 32.4. The van der Waals surface area contributed by atoms with E-state index >= 15 is 0 Å². The molecule has 0 aromatic heterocycles. The standard InChI is InChI=1S/C25H34N2O2Si2.C4H5F5O.C3H2F6O.CH3F.4CH4/c1-9-30(5,6)22-15-11-13-20(17-22)26(3)24(28)19-25(29)27(4)21-14-12-16-23(18-21)31(7,8)10-2;1-3(6,10-2-5)4(7,8)9;4-2(5,6)1-10-3(7,8)9;1-2;;;;/h9-18H,1-2,19H2,3-8H3;2H2,1H3;1H2;1H3;4*1H4. The number of hydrogen-bond acceptors (Lipinski definition) is 4. The van der Waals surface area contributed by atoms with Gasteiger partial charge < -0.3 is 14.5 Å². The Labute approximate surface area is 332 Å². The molecule has 0 N–H and O–H groups in total. The highest BCUT2D eigenvalue weighted by Gasteiger charge is 2.53. The van der Waals surface area contributed by atoms with Crippen molar-refractivity contribution in [1.82, 2.24) is 0 Å². The van der Waals surface area contributed by atoms with Crippen LogP contribution in [-0.2, 0) is 19.1 Å². The summed E-state index contributed by atoms with van der Waals surface area (Å²) in [6.07, 6.45) is -15.5.